The van der Waals surface area contributed by atoms with Crippen LogP contribution in [-0.4, -0.2) is 24.0 Å². The van der Waals surface area contributed by atoms with Gasteiger partial charge in [0, 0.05) is 24.2 Å². The van der Waals surface area contributed by atoms with E-state index in [-0.39, 0.29) is 0 Å². The summed E-state index contributed by atoms with van der Waals surface area (Å²) >= 11 is 0. The standard InChI is InChI=1S/C13H17N3O2/c1-8-11(17-3)6-5-9(13(8)18-4)10-7-12(14)15-16(10)2/h5-7H,1-4H3,(H2,14,15). The largest absolute Gasteiger partial charge is 0.496 e. The van der Waals surface area contributed by atoms with Gasteiger partial charge in [-0.05, 0) is 19.1 Å². The minimum atomic E-state index is 0.489. The van der Waals surface area contributed by atoms with E-state index in [1.165, 1.54) is 0 Å². The van der Waals surface area contributed by atoms with Crippen LogP contribution < -0.4 is 15.2 Å². The van der Waals surface area contributed by atoms with Crippen molar-refractivity contribution in [1.82, 2.24) is 9.78 Å². The van der Waals surface area contributed by atoms with Crippen LogP contribution in [-0.2, 0) is 7.05 Å². The number of benzene rings is 1. The molecule has 0 aliphatic heterocycles. The number of aromatic nitrogens is 2. The maximum absolute atomic E-state index is 5.70. The number of ether oxygens (including phenoxy) is 2. The predicted octanol–water partition coefficient (Wildman–Crippen LogP) is 1.99. The molecule has 0 saturated carbocycles. The molecule has 1 heterocycles. The molecule has 2 N–H and O–H groups in total. The normalized spacial score (nSPS) is 10.4. The van der Waals surface area contributed by atoms with Gasteiger partial charge in [-0.2, -0.15) is 5.10 Å². The Morgan fingerprint density at radius 3 is 2.44 bits per heavy atom. The SMILES string of the molecule is COc1ccc(-c2cc(N)nn2C)c(OC)c1C. The maximum atomic E-state index is 5.70. The van der Waals surface area contributed by atoms with Crippen LogP contribution in [0, 0.1) is 6.92 Å². The van der Waals surface area contributed by atoms with Gasteiger partial charge in [0.25, 0.3) is 0 Å². The lowest BCUT2D eigenvalue weighted by Crippen LogP contribution is -1.99. The lowest BCUT2D eigenvalue weighted by Gasteiger charge is -2.14. The third-order valence-corrected chi connectivity index (χ3v) is 2.95. The van der Waals surface area contributed by atoms with Gasteiger partial charge >= 0.3 is 0 Å². The average Bonchev–Trinajstić information content (AvgIpc) is 2.68. The first-order valence-corrected chi connectivity index (χ1v) is 5.60. The number of methoxy groups -OCH3 is 2. The van der Waals surface area contributed by atoms with Crippen molar-refractivity contribution in [2.45, 2.75) is 6.92 Å². The molecule has 0 aliphatic rings. The molecule has 0 amide bonds. The van der Waals surface area contributed by atoms with Gasteiger partial charge in [0.05, 0.1) is 19.9 Å². The number of nitrogens with zero attached hydrogens (tertiary/aromatic N) is 2. The molecule has 0 spiro atoms. The van der Waals surface area contributed by atoms with Gasteiger partial charge in [-0.25, -0.2) is 0 Å². The highest BCUT2D eigenvalue weighted by molar-refractivity contribution is 5.73. The van der Waals surface area contributed by atoms with E-state index in [9.17, 15) is 0 Å². The molecule has 0 bridgehead atoms. The van der Waals surface area contributed by atoms with Gasteiger partial charge in [0.15, 0.2) is 0 Å². The van der Waals surface area contributed by atoms with E-state index in [0.717, 1.165) is 28.3 Å². The van der Waals surface area contributed by atoms with Crippen LogP contribution in [0.25, 0.3) is 11.3 Å². The summed E-state index contributed by atoms with van der Waals surface area (Å²) in [6, 6.07) is 5.68. The highest BCUT2D eigenvalue weighted by atomic mass is 16.5. The average molecular weight is 247 g/mol. The van der Waals surface area contributed by atoms with Crippen molar-refractivity contribution in [3.05, 3.63) is 23.8 Å². The highest BCUT2D eigenvalue weighted by Gasteiger charge is 2.15. The zero-order chi connectivity index (χ0) is 13.3. The third-order valence-electron chi connectivity index (χ3n) is 2.95. The van der Waals surface area contributed by atoms with Gasteiger partial charge < -0.3 is 15.2 Å². The fourth-order valence-electron chi connectivity index (χ4n) is 2.10. The van der Waals surface area contributed by atoms with Crippen molar-refractivity contribution >= 4 is 5.82 Å². The first-order valence-electron chi connectivity index (χ1n) is 5.60. The van der Waals surface area contributed by atoms with Gasteiger partial charge in [0.2, 0.25) is 0 Å². The maximum Gasteiger partial charge on any atom is 0.146 e. The Bertz CT molecular complexity index is 576. The Morgan fingerprint density at radius 1 is 1.22 bits per heavy atom. The molecule has 1 aromatic heterocycles. The van der Waals surface area contributed by atoms with E-state index in [1.807, 2.05) is 32.2 Å². The summed E-state index contributed by atoms with van der Waals surface area (Å²) in [5, 5.41) is 4.14. The Morgan fingerprint density at radius 2 is 1.94 bits per heavy atom. The van der Waals surface area contributed by atoms with Crippen LogP contribution in [0.3, 0.4) is 0 Å². The van der Waals surface area contributed by atoms with E-state index in [1.54, 1.807) is 18.9 Å². The van der Waals surface area contributed by atoms with Crippen molar-refractivity contribution in [1.29, 1.82) is 0 Å². The summed E-state index contributed by atoms with van der Waals surface area (Å²) in [5.41, 5.74) is 8.52. The Balaban J connectivity index is 2.65. The number of hydrogen-bond acceptors (Lipinski definition) is 4. The van der Waals surface area contributed by atoms with Crippen LogP contribution in [0.2, 0.25) is 0 Å². The predicted molar refractivity (Wildman–Crippen MR) is 70.9 cm³/mol. The summed E-state index contributed by atoms with van der Waals surface area (Å²) in [5.74, 6) is 2.06. The van der Waals surface area contributed by atoms with Crippen molar-refractivity contribution in [3.63, 3.8) is 0 Å². The Hall–Kier alpha value is -2.17. The number of nitrogens with two attached hydrogens (primary N) is 1. The molecule has 0 atom stereocenters. The molecule has 2 rings (SSSR count). The summed E-state index contributed by atoms with van der Waals surface area (Å²) in [4.78, 5) is 0. The minimum absolute atomic E-state index is 0.489. The lowest BCUT2D eigenvalue weighted by molar-refractivity contribution is 0.389. The number of aryl methyl sites for hydroxylation is 1. The van der Waals surface area contributed by atoms with E-state index in [4.69, 9.17) is 15.2 Å². The fraction of sp³-hybridized carbons (Fsp3) is 0.308. The first kappa shape index (κ1) is 12.3. The van der Waals surface area contributed by atoms with Gasteiger partial charge in [0.1, 0.15) is 17.3 Å². The molecule has 5 nitrogen and oxygen atoms in total. The molecular formula is C13H17N3O2. The number of hydrogen-bond donors (Lipinski definition) is 1. The van der Waals surface area contributed by atoms with Crippen LogP contribution in [0.15, 0.2) is 18.2 Å². The summed E-state index contributed by atoms with van der Waals surface area (Å²) < 4.78 is 12.5. The second-order valence-corrected chi connectivity index (χ2v) is 4.05. The number of anilines is 1. The van der Waals surface area contributed by atoms with Gasteiger partial charge in [-0.1, -0.05) is 0 Å². The van der Waals surface area contributed by atoms with Crippen LogP contribution >= 0.6 is 0 Å². The monoisotopic (exact) mass is 247 g/mol. The molecule has 2 aromatic rings. The van der Waals surface area contributed by atoms with Crippen molar-refractivity contribution < 1.29 is 9.47 Å². The van der Waals surface area contributed by atoms with E-state index >= 15 is 0 Å². The molecule has 0 saturated heterocycles. The smallest absolute Gasteiger partial charge is 0.146 e. The third kappa shape index (κ3) is 1.88. The molecule has 96 valence electrons. The molecule has 0 aliphatic carbocycles. The molecule has 5 heteroatoms. The van der Waals surface area contributed by atoms with E-state index in [0.29, 0.717) is 5.82 Å². The summed E-state index contributed by atoms with van der Waals surface area (Å²) in [6.07, 6.45) is 0. The van der Waals surface area contributed by atoms with Crippen LogP contribution in [0.5, 0.6) is 11.5 Å². The second kappa shape index (κ2) is 4.60. The zero-order valence-corrected chi connectivity index (χ0v) is 11.0. The summed E-state index contributed by atoms with van der Waals surface area (Å²) in [6.45, 7) is 1.96. The number of nitrogen functional groups attached to an aromatic ring is 1. The highest BCUT2D eigenvalue weighted by Crippen LogP contribution is 2.37. The van der Waals surface area contributed by atoms with Crippen molar-refractivity contribution in [3.8, 4) is 22.8 Å². The molecule has 18 heavy (non-hydrogen) atoms. The minimum Gasteiger partial charge on any atom is -0.496 e. The quantitative estimate of drug-likeness (QED) is 0.901. The Labute approximate surface area is 106 Å². The summed E-state index contributed by atoms with van der Waals surface area (Å²) in [7, 11) is 5.14. The molecule has 1 aromatic carbocycles. The lowest BCUT2D eigenvalue weighted by atomic mass is 10.1. The van der Waals surface area contributed by atoms with E-state index in [2.05, 4.69) is 5.10 Å². The van der Waals surface area contributed by atoms with Gasteiger partial charge in [-0.15, -0.1) is 0 Å². The first-order chi connectivity index (χ1) is 8.58. The molecular weight excluding hydrogens is 230 g/mol. The van der Waals surface area contributed by atoms with Crippen molar-refractivity contribution in [2.24, 2.45) is 7.05 Å². The number of rotatable bonds is 3. The molecule has 0 radical (unpaired) electrons. The van der Waals surface area contributed by atoms with Crippen molar-refractivity contribution in [2.75, 3.05) is 20.0 Å². The van der Waals surface area contributed by atoms with Crippen LogP contribution in [0.4, 0.5) is 5.82 Å². The van der Waals surface area contributed by atoms with E-state index < -0.39 is 0 Å². The second-order valence-electron chi connectivity index (χ2n) is 4.05. The zero-order valence-electron chi connectivity index (χ0n) is 11.0. The fourth-order valence-corrected chi connectivity index (χ4v) is 2.10. The Kier molecular flexibility index (Phi) is 3.14. The molecule has 0 unspecified atom stereocenters. The van der Waals surface area contributed by atoms with Gasteiger partial charge in [-0.3, -0.25) is 4.68 Å². The topological polar surface area (TPSA) is 62.3 Å². The van der Waals surface area contributed by atoms with Crippen LogP contribution in [0.1, 0.15) is 5.56 Å². The molecule has 0 fully saturated rings.